The number of rotatable bonds is 7. The van der Waals surface area contributed by atoms with Gasteiger partial charge in [0.25, 0.3) is 0 Å². The van der Waals surface area contributed by atoms with E-state index in [4.69, 9.17) is 0 Å². The molecule has 7 heteroatoms. The molecule has 2 aromatic rings. The van der Waals surface area contributed by atoms with Gasteiger partial charge >= 0.3 is 0 Å². The summed E-state index contributed by atoms with van der Waals surface area (Å²) in [5.41, 5.74) is 1.30. The second kappa shape index (κ2) is 7.04. The van der Waals surface area contributed by atoms with E-state index in [9.17, 15) is 13.5 Å². The monoisotopic (exact) mass is 326 g/mol. The number of hydrogen-bond donors (Lipinski definition) is 3. The van der Waals surface area contributed by atoms with Crippen LogP contribution in [0.2, 0.25) is 0 Å². The standard InChI is InChI=1S/C14H18N2O3S2/c1-2-16-21(18,19)14-6-4-3-5-12(14)15-9-13(17)11-7-8-20-10-11/h3-8,10,13,15-17H,2,9H2,1H3. The zero-order valence-corrected chi connectivity index (χ0v) is 13.2. The van der Waals surface area contributed by atoms with Gasteiger partial charge in [-0.25, -0.2) is 13.1 Å². The summed E-state index contributed by atoms with van der Waals surface area (Å²) in [6.07, 6.45) is -0.675. The molecule has 0 aliphatic carbocycles. The van der Waals surface area contributed by atoms with Crippen LogP contribution in [0.25, 0.3) is 0 Å². The minimum atomic E-state index is -3.53. The van der Waals surface area contributed by atoms with E-state index in [1.54, 1.807) is 25.1 Å². The van der Waals surface area contributed by atoms with Crippen LogP contribution in [0.3, 0.4) is 0 Å². The molecule has 0 saturated carbocycles. The van der Waals surface area contributed by atoms with Gasteiger partial charge in [-0.3, -0.25) is 0 Å². The molecule has 0 radical (unpaired) electrons. The Morgan fingerprint density at radius 3 is 2.71 bits per heavy atom. The van der Waals surface area contributed by atoms with Crippen molar-refractivity contribution >= 4 is 27.0 Å². The molecule has 114 valence electrons. The molecule has 0 fully saturated rings. The van der Waals surface area contributed by atoms with Gasteiger partial charge in [-0.1, -0.05) is 19.1 Å². The molecule has 0 bridgehead atoms. The van der Waals surface area contributed by atoms with Crippen molar-refractivity contribution in [2.45, 2.75) is 17.9 Å². The van der Waals surface area contributed by atoms with E-state index in [2.05, 4.69) is 10.0 Å². The number of benzene rings is 1. The molecule has 0 aliphatic rings. The first kappa shape index (κ1) is 16.0. The van der Waals surface area contributed by atoms with Crippen molar-refractivity contribution in [3.05, 3.63) is 46.7 Å². The molecular formula is C14H18N2O3S2. The first-order valence-corrected chi connectivity index (χ1v) is 9.00. The average molecular weight is 326 g/mol. The topological polar surface area (TPSA) is 78.4 Å². The van der Waals surface area contributed by atoms with E-state index >= 15 is 0 Å². The van der Waals surface area contributed by atoms with E-state index in [0.29, 0.717) is 12.2 Å². The fourth-order valence-corrected chi connectivity index (χ4v) is 3.83. The Balaban J connectivity index is 2.14. The highest BCUT2D eigenvalue weighted by Crippen LogP contribution is 2.22. The lowest BCUT2D eigenvalue weighted by molar-refractivity contribution is 0.192. The number of para-hydroxylation sites is 1. The molecule has 5 nitrogen and oxygen atoms in total. The Morgan fingerprint density at radius 2 is 2.05 bits per heavy atom. The highest BCUT2D eigenvalue weighted by molar-refractivity contribution is 7.89. The highest BCUT2D eigenvalue weighted by atomic mass is 32.2. The predicted molar refractivity (Wildman–Crippen MR) is 85.1 cm³/mol. The first-order chi connectivity index (χ1) is 10.0. The summed E-state index contributed by atoms with van der Waals surface area (Å²) in [5, 5.41) is 16.8. The normalized spacial score (nSPS) is 13.0. The van der Waals surface area contributed by atoms with Crippen LogP contribution in [0.5, 0.6) is 0 Å². The van der Waals surface area contributed by atoms with Crippen molar-refractivity contribution < 1.29 is 13.5 Å². The molecule has 0 aliphatic heterocycles. The van der Waals surface area contributed by atoms with Gasteiger partial charge in [0.05, 0.1) is 11.8 Å². The molecule has 21 heavy (non-hydrogen) atoms. The molecule has 0 amide bonds. The minimum Gasteiger partial charge on any atom is -0.387 e. The van der Waals surface area contributed by atoms with Gasteiger partial charge in [-0.05, 0) is 34.5 Å². The maximum Gasteiger partial charge on any atom is 0.242 e. The van der Waals surface area contributed by atoms with Crippen molar-refractivity contribution in [1.82, 2.24) is 4.72 Å². The average Bonchev–Trinajstić information content (AvgIpc) is 2.99. The number of nitrogens with one attached hydrogen (secondary N) is 2. The maximum atomic E-state index is 12.1. The summed E-state index contributed by atoms with van der Waals surface area (Å²) in [6.45, 7) is 2.30. The number of anilines is 1. The molecule has 1 aromatic carbocycles. The Labute approximate surface area is 128 Å². The van der Waals surface area contributed by atoms with Gasteiger partial charge in [0.1, 0.15) is 4.90 Å². The summed E-state index contributed by atoms with van der Waals surface area (Å²) < 4.78 is 26.7. The van der Waals surface area contributed by atoms with Crippen LogP contribution in [-0.4, -0.2) is 26.6 Å². The Morgan fingerprint density at radius 1 is 1.29 bits per heavy atom. The van der Waals surface area contributed by atoms with Crippen LogP contribution in [-0.2, 0) is 10.0 Å². The molecular weight excluding hydrogens is 308 g/mol. The second-order valence-corrected chi connectivity index (χ2v) is 6.97. The Hall–Kier alpha value is -1.41. The molecule has 3 N–H and O–H groups in total. The third-order valence-corrected chi connectivity index (χ3v) is 5.23. The quantitative estimate of drug-likeness (QED) is 0.729. The smallest absolute Gasteiger partial charge is 0.242 e. The second-order valence-electron chi connectivity index (χ2n) is 4.45. The predicted octanol–water partition coefficient (Wildman–Crippen LogP) is 2.19. The van der Waals surface area contributed by atoms with E-state index in [-0.39, 0.29) is 11.4 Å². The minimum absolute atomic E-state index is 0.185. The molecule has 1 unspecified atom stereocenters. The van der Waals surface area contributed by atoms with Crippen molar-refractivity contribution in [3.8, 4) is 0 Å². The number of thiophene rings is 1. The first-order valence-electron chi connectivity index (χ1n) is 6.57. The van der Waals surface area contributed by atoms with E-state index in [1.807, 2.05) is 16.8 Å². The van der Waals surface area contributed by atoms with Crippen LogP contribution in [0.1, 0.15) is 18.6 Å². The lowest BCUT2D eigenvalue weighted by Gasteiger charge is -2.15. The van der Waals surface area contributed by atoms with Crippen LogP contribution >= 0.6 is 11.3 Å². The Bertz CT molecular complexity index is 669. The van der Waals surface area contributed by atoms with Gasteiger partial charge in [0, 0.05) is 13.1 Å². The number of aliphatic hydroxyl groups is 1. The number of aliphatic hydroxyl groups excluding tert-OH is 1. The van der Waals surface area contributed by atoms with E-state index < -0.39 is 16.1 Å². The summed E-state index contributed by atoms with van der Waals surface area (Å²) in [6, 6.07) is 8.50. The maximum absolute atomic E-state index is 12.1. The van der Waals surface area contributed by atoms with Gasteiger partial charge in [-0.2, -0.15) is 11.3 Å². The summed E-state index contributed by atoms with van der Waals surface area (Å²) in [4.78, 5) is 0.185. The van der Waals surface area contributed by atoms with Crippen molar-refractivity contribution in [2.75, 3.05) is 18.4 Å². The van der Waals surface area contributed by atoms with Crippen LogP contribution in [0, 0.1) is 0 Å². The molecule has 0 saturated heterocycles. The molecule has 2 rings (SSSR count). The van der Waals surface area contributed by atoms with Crippen molar-refractivity contribution in [2.24, 2.45) is 0 Å². The lowest BCUT2D eigenvalue weighted by Crippen LogP contribution is -2.24. The largest absolute Gasteiger partial charge is 0.387 e. The van der Waals surface area contributed by atoms with Gasteiger partial charge in [0.15, 0.2) is 0 Å². The summed E-state index contributed by atoms with van der Waals surface area (Å²) in [7, 11) is -3.53. The SMILES string of the molecule is CCNS(=O)(=O)c1ccccc1NCC(O)c1ccsc1. The third kappa shape index (κ3) is 4.04. The van der Waals surface area contributed by atoms with Crippen molar-refractivity contribution in [1.29, 1.82) is 0 Å². The fourth-order valence-electron chi connectivity index (χ4n) is 1.90. The summed E-state index contributed by atoms with van der Waals surface area (Å²) in [5.74, 6) is 0. The molecule has 1 heterocycles. The molecule has 1 atom stereocenters. The van der Waals surface area contributed by atoms with Gasteiger partial charge in [-0.15, -0.1) is 0 Å². The van der Waals surface area contributed by atoms with E-state index in [1.165, 1.54) is 17.4 Å². The van der Waals surface area contributed by atoms with Crippen LogP contribution < -0.4 is 10.0 Å². The van der Waals surface area contributed by atoms with Crippen LogP contribution in [0.15, 0.2) is 46.0 Å². The number of hydrogen-bond acceptors (Lipinski definition) is 5. The molecule has 1 aromatic heterocycles. The zero-order valence-electron chi connectivity index (χ0n) is 11.6. The Kier molecular flexibility index (Phi) is 5.35. The third-order valence-electron chi connectivity index (χ3n) is 2.92. The van der Waals surface area contributed by atoms with Crippen LogP contribution in [0.4, 0.5) is 5.69 Å². The lowest BCUT2D eigenvalue weighted by atomic mass is 10.2. The van der Waals surface area contributed by atoms with Gasteiger partial charge in [0.2, 0.25) is 10.0 Å². The van der Waals surface area contributed by atoms with E-state index in [0.717, 1.165) is 5.56 Å². The number of sulfonamides is 1. The summed E-state index contributed by atoms with van der Waals surface area (Å²) >= 11 is 1.51. The fraction of sp³-hybridized carbons (Fsp3) is 0.286. The van der Waals surface area contributed by atoms with Gasteiger partial charge < -0.3 is 10.4 Å². The highest BCUT2D eigenvalue weighted by Gasteiger charge is 2.17. The van der Waals surface area contributed by atoms with Crippen molar-refractivity contribution in [3.63, 3.8) is 0 Å². The molecule has 0 spiro atoms. The zero-order chi connectivity index (χ0) is 15.3.